The molecule has 0 bridgehead atoms. The van der Waals surface area contributed by atoms with Gasteiger partial charge in [0, 0.05) is 37.1 Å². The van der Waals surface area contributed by atoms with Crippen molar-refractivity contribution in [2.45, 2.75) is 19.6 Å². The van der Waals surface area contributed by atoms with E-state index < -0.39 is 0 Å². The van der Waals surface area contributed by atoms with Crippen LogP contribution in [0.2, 0.25) is 0 Å². The molecular weight excluding hydrogens is 404 g/mol. The van der Waals surface area contributed by atoms with Crippen molar-refractivity contribution in [3.8, 4) is 5.75 Å². The number of ether oxygens (including phenoxy) is 1. The Kier molecular flexibility index (Phi) is 6.46. The fraction of sp³-hybridized carbons (Fsp3) is 0.160. The largest absolute Gasteiger partial charge is 0.497 e. The van der Waals surface area contributed by atoms with Gasteiger partial charge in [-0.2, -0.15) is 0 Å². The number of carbonyl (C=O) groups is 1. The number of nitrogens with one attached hydrogen (secondary N) is 2. The van der Waals surface area contributed by atoms with Crippen LogP contribution in [-0.4, -0.2) is 28.0 Å². The first-order valence-corrected chi connectivity index (χ1v) is 10.3. The van der Waals surface area contributed by atoms with Crippen LogP contribution in [-0.2, 0) is 19.6 Å². The summed E-state index contributed by atoms with van der Waals surface area (Å²) < 4.78 is 5.23. The Morgan fingerprint density at radius 2 is 1.84 bits per heavy atom. The number of hydrogen-bond acceptors (Lipinski definition) is 4. The molecule has 0 saturated heterocycles. The molecule has 0 spiro atoms. The molecule has 32 heavy (non-hydrogen) atoms. The standard InChI is InChI=1S/C25H24N4O3/c1-32-22-10-9-20-12-21(24(30)28-23(20)13-22)17-29(16-19-8-5-11-26-14-19)25(31)27-15-18-6-3-2-4-7-18/h2-14H,15-17H2,1H3,(H,27,31)(H,28,30). The summed E-state index contributed by atoms with van der Waals surface area (Å²) in [5.74, 6) is 0.666. The van der Waals surface area contributed by atoms with Crippen LogP contribution in [0.1, 0.15) is 16.7 Å². The third kappa shape index (κ3) is 5.13. The number of aromatic nitrogens is 2. The highest BCUT2D eigenvalue weighted by Crippen LogP contribution is 2.19. The molecule has 162 valence electrons. The van der Waals surface area contributed by atoms with Gasteiger partial charge in [-0.1, -0.05) is 36.4 Å². The van der Waals surface area contributed by atoms with Crippen LogP contribution in [0.5, 0.6) is 5.75 Å². The van der Waals surface area contributed by atoms with Crippen molar-refractivity contribution in [1.29, 1.82) is 0 Å². The topological polar surface area (TPSA) is 87.3 Å². The average molecular weight is 428 g/mol. The number of nitrogens with zero attached hydrogens (tertiary/aromatic N) is 2. The molecule has 7 heteroatoms. The lowest BCUT2D eigenvalue weighted by Crippen LogP contribution is -2.39. The second kappa shape index (κ2) is 9.78. The molecule has 0 aliphatic carbocycles. The number of methoxy groups -OCH3 is 1. The van der Waals surface area contributed by atoms with E-state index in [0.717, 1.165) is 16.5 Å². The molecule has 0 fully saturated rings. The van der Waals surface area contributed by atoms with Crippen LogP contribution < -0.4 is 15.6 Å². The van der Waals surface area contributed by atoms with Gasteiger partial charge in [0.2, 0.25) is 0 Å². The monoisotopic (exact) mass is 428 g/mol. The number of amides is 2. The van der Waals surface area contributed by atoms with Crippen molar-refractivity contribution in [2.24, 2.45) is 0 Å². The van der Waals surface area contributed by atoms with Crippen LogP contribution in [0, 0.1) is 0 Å². The number of pyridine rings is 2. The van der Waals surface area contributed by atoms with Gasteiger partial charge in [-0.05, 0) is 40.8 Å². The van der Waals surface area contributed by atoms with E-state index in [4.69, 9.17) is 4.74 Å². The minimum Gasteiger partial charge on any atom is -0.497 e. The van der Waals surface area contributed by atoms with Crippen LogP contribution in [0.25, 0.3) is 10.9 Å². The second-order valence-electron chi connectivity index (χ2n) is 7.44. The summed E-state index contributed by atoms with van der Waals surface area (Å²) in [6.45, 7) is 0.887. The number of fused-ring (bicyclic) bond motifs is 1. The van der Waals surface area contributed by atoms with E-state index in [1.165, 1.54) is 0 Å². The lowest BCUT2D eigenvalue weighted by molar-refractivity contribution is 0.191. The first-order chi connectivity index (χ1) is 15.6. The van der Waals surface area contributed by atoms with E-state index in [0.29, 0.717) is 29.9 Å². The molecular formula is C25H24N4O3. The minimum absolute atomic E-state index is 0.160. The Labute approximate surface area is 185 Å². The second-order valence-corrected chi connectivity index (χ2v) is 7.44. The molecule has 0 aliphatic rings. The molecule has 0 radical (unpaired) electrons. The SMILES string of the molecule is COc1ccc2cc(CN(Cc3cccnc3)C(=O)NCc3ccccc3)c(=O)[nH]c2c1. The van der Waals surface area contributed by atoms with E-state index in [1.54, 1.807) is 30.5 Å². The predicted octanol–water partition coefficient (Wildman–Crippen LogP) is 3.84. The van der Waals surface area contributed by atoms with Crippen LogP contribution in [0.4, 0.5) is 4.79 Å². The Morgan fingerprint density at radius 3 is 2.59 bits per heavy atom. The third-order valence-electron chi connectivity index (χ3n) is 5.16. The van der Waals surface area contributed by atoms with E-state index in [-0.39, 0.29) is 18.1 Å². The average Bonchev–Trinajstić information content (AvgIpc) is 2.83. The summed E-state index contributed by atoms with van der Waals surface area (Å²) in [6, 6.07) is 20.5. The highest BCUT2D eigenvalue weighted by atomic mass is 16.5. The van der Waals surface area contributed by atoms with E-state index in [1.807, 2.05) is 60.7 Å². The van der Waals surface area contributed by atoms with Gasteiger partial charge in [0.1, 0.15) is 5.75 Å². The van der Waals surface area contributed by atoms with Crippen molar-refractivity contribution in [3.63, 3.8) is 0 Å². The Hall–Kier alpha value is -4.13. The number of hydrogen-bond donors (Lipinski definition) is 2. The van der Waals surface area contributed by atoms with E-state index in [9.17, 15) is 9.59 Å². The summed E-state index contributed by atoms with van der Waals surface area (Å²) in [5, 5.41) is 3.82. The van der Waals surface area contributed by atoms with Gasteiger partial charge in [-0.25, -0.2) is 4.79 Å². The van der Waals surface area contributed by atoms with Crippen LogP contribution in [0.15, 0.2) is 83.9 Å². The number of aromatic amines is 1. The number of benzene rings is 2. The number of urea groups is 1. The normalized spacial score (nSPS) is 10.7. The van der Waals surface area contributed by atoms with Gasteiger partial charge >= 0.3 is 6.03 Å². The fourth-order valence-electron chi connectivity index (χ4n) is 3.47. The first kappa shape index (κ1) is 21.1. The lowest BCUT2D eigenvalue weighted by Gasteiger charge is -2.23. The molecule has 0 aliphatic heterocycles. The lowest BCUT2D eigenvalue weighted by atomic mass is 10.1. The number of rotatable bonds is 7. The summed E-state index contributed by atoms with van der Waals surface area (Å²) in [6.07, 6.45) is 3.40. The van der Waals surface area contributed by atoms with Gasteiger partial charge in [0.25, 0.3) is 5.56 Å². The zero-order chi connectivity index (χ0) is 22.3. The highest BCUT2D eigenvalue weighted by Gasteiger charge is 2.17. The van der Waals surface area contributed by atoms with Gasteiger partial charge < -0.3 is 19.9 Å². The van der Waals surface area contributed by atoms with Crippen molar-refractivity contribution in [1.82, 2.24) is 20.2 Å². The third-order valence-corrected chi connectivity index (χ3v) is 5.16. The van der Waals surface area contributed by atoms with Crippen molar-refractivity contribution in [2.75, 3.05) is 7.11 Å². The summed E-state index contributed by atoms with van der Waals surface area (Å²) in [5.41, 5.74) is 2.83. The van der Waals surface area contributed by atoms with Gasteiger partial charge in [0.05, 0.1) is 19.2 Å². The van der Waals surface area contributed by atoms with E-state index in [2.05, 4.69) is 15.3 Å². The van der Waals surface area contributed by atoms with Crippen LogP contribution in [0.3, 0.4) is 0 Å². The van der Waals surface area contributed by atoms with Crippen LogP contribution >= 0.6 is 0 Å². The molecule has 7 nitrogen and oxygen atoms in total. The summed E-state index contributed by atoms with van der Waals surface area (Å²) in [7, 11) is 1.58. The maximum Gasteiger partial charge on any atom is 0.318 e. The molecule has 0 saturated carbocycles. The highest BCUT2D eigenvalue weighted by molar-refractivity contribution is 5.80. The summed E-state index contributed by atoms with van der Waals surface area (Å²) in [4.78, 5) is 34.4. The van der Waals surface area contributed by atoms with E-state index >= 15 is 0 Å². The molecule has 2 heterocycles. The van der Waals surface area contributed by atoms with Gasteiger partial charge in [0.15, 0.2) is 0 Å². The zero-order valence-corrected chi connectivity index (χ0v) is 17.7. The molecule has 2 aromatic carbocycles. The number of H-pyrrole nitrogens is 1. The summed E-state index contributed by atoms with van der Waals surface area (Å²) >= 11 is 0. The zero-order valence-electron chi connectivity index (χ0n) is 17.7. The maximum atomic E-state index is 13.0. The molecule has 4 rings (SSSR count). The molecule has 2 N–H and O–H groups in total. The molecule has 4 aromatic rings. The molecule has 2 aromatic heterocycles. The fourth-order valence-corrected chi connectivity index (χ4v) is 3.47. The first-order valence-electron chi connectivity index (χ1n) is 10.3. The van der Waals surface area contributed by atoms with Gasteiger partial charge in [-0.3, -0.25) is 9.78 Å². The van der Waals surface area contributed by atoms with Crippen molar-refractivity contribution < 1.29 is 9.53 Å². The molecule has 0 atom stereocenters. The Bertz CT molecular complexity index is 1260. The Balaban J connectivity index is 1.58. The van der Waals surface area contributed by atoms with Crippen molar-refractivity contribution in [3.05, 3.63) is 106 Å². The quantitative estimate of drug-likeness (QED) is 0.468. The van der Waals surface area contributed by atoms with Crippen molar-refractivity contribution >= 4 is 16.9 Å². The molecule has 2 amide bonds. The Morgan fingerprint density at radius 1 is 1.03 bits per heavy atom. The minimum atomic E-state index is -0.257. The predicted molar refractivity (Wildman–Crippen MR) is 123 cm³/mol. The smallest absolute Gasteiger partial charge is 0.318 e. The number of carbonyl (C=O) groups excluding carboxylic acids is 1. The maximum absolute atomic E-state index is 13.0. The van der Waals surface area contributed by atoms with Gasteiger partial charge in [-0.15, -0.1) is 0 Å². The molecule has 0 unspecified atom stereocenters.